The Hall–Kier alpha value is -4.64. The Morgan fingerprint density at radius 2 is 1.96 bits per heavy atom. The summed E-state index contributed by atoms with van der Waals surface area (Å²) in [6, 6.07) is 17.2. The van der Waals surface area contributed by atoms with E-state index in [1.807, 2.05) is 0 Å². The van der Waals surface area contributed by atoms with E-state index in [9.17, 15) is 15.3 Å². The molecular formula is C37H43N7O3. The number of pyridine rings is 1. The van der Waals surface area contributed by atoms with Gasteiger partial charge in [-0.3, -0.25) is 4.79 Å². The maximum atomic E-state index is 12.7. The molecule has 1 aromatic heterocycles. The van der Waals surface area contributed by atoms with Gasteiger partial charge in [0.15, 0.2) is 0 Å². The molecule has 2 saturated heterocycles. The third-order valence-electron chi connectivity index (χ3n) is 9.59. The lowest BCUT2D eigenvalue weighted by Gasteiger charge is -2.43. The van der Waals surface area contributed by atoms with Crippen LogP contribution in [0.2, 0.25) is 0 Å². The van der Waals surface area contributed by atoms with Crippen LogP contribution < -0.4 is 14.5 Å². The second-order valence-electron chi connectivity index (χ2n) is 12.5. The van der Waals surface area contributed by atoms with Gasteiger partial charge in [-0.25, -0.2) is 4.98 Å². The number of amides is 1. The number of carbonyl (C=O) groups is 1. The third kappa shape index (κ3) is 6.90. The van der Waals surface area contributed by atoms with Crippen LogP contribution in [-0.2, 0) is 22.5 Å². The number of fused-ring (bicyclic) bond motifs is 2. The monoisotopic (exact) mass is 633 g/mol. The highest BCUT2D eigenvalue weighted by Crippen LogP contribution is 2.40. The fourth-order valence-corrected chi connectivity index (χ4v) is 7.29. The molecule has 0 aliphatic carbocycles. The van der Waals surface area contributed by atoms with Crippen molar-refractivity contribution < 1.29 is 14.3 Å². The van der Waals surface area contributed by atoms with Gasteiger partial charge in [0.2, 0.25) is 11.8 Å². The quantitative estimate of drug-likeness (QED) is 0.247. The van der Waals surface area contributed by atoms with Gasteiger partial charge in [0.1, 0.15) is 11.6 Å². The zero-order valence-corrected chi connectivity index (χ0v) is 27.3. The fourth-order valence-electron chi connectivity index (χ4n) is 7.29. The summed E-state index contributed by atoms with van der Waals surface area (Å²) < 4.78 is 12.0. The normalized spacial score (nSPS) is 18.6. The minimum atomic E-state index is -0.310. The molecule has 10 nitrogen and oxygen atoms in total. The zero-order valence-electron chi connectivity index (χ0n) is 27.3. The van der Waals surface area contributed by atoms with Crippen LogP contribution in [-0.4, -0.2) is 92.4 Å². The number of hydrogen-bond donors (Lipinski definition) is 0. The van der Waals surface area contributed by atoms with Gasteiger partial charge in [0, 0.05) is 69.1 Å². The molecule has 244 valence electrons. The highest BCUT2D eigenvalue weighted by molar-refractivity contribution is 5.97. The molecule has 2 fully saturated rings. The smallest absolute Gasteiger partial charge is 0.246 e. The van der Waals surface area contributed by atoms with Gasteiger partial charge < -0.3 is 29.1 Å². The standard InChI is InChI=1S/C37H43N7O3/c1-3-34(45)44-19-18-43(25-29(44)12-14-38)36-30-13-17-42(33-11-5-10-28-9-4-8-27(2)35(28)33)26-32(30)40-37(31(36)24-39)47-22-7-16-41-15-6-21-46-23-20-41/h3-5,8-11,29H,1,6-7,12-13,15-23,25-26H2,2H3. The molecule has 1 unspecified atom stereocenters. The molecule has 3 aliphatic heterocycles. The molecule has 3 aliphatic rings. The third-order valence-corrected chi connectivity index (χ3v) is 9.59. The molecule has 4 heterocycles. The van der Waals surface area contributed by atoms with E-state index < -0.39 is 0 Å². The first kappa shape index (κ1) is 32.3. The number of benzene rings is 2. The molecule has 1 atom stereocenters. The van der Waals surface area contributed by atoms with Gasteiger partial charge in [-0.2, -0.15) is 10.5 Å². The number of nitrogens with zero attached hydrogens (tertiary/aromatic N) is 7. The van der Waals surface area contributed by atoms with Crippen LogP contribution in [0.4, 0.5) is 11.4 Å². The van der Waals surface area contributed by atoms with E-state index in [0.717, 1.165) is 69.2 Å². The zero-order chi connectivity index (χ0) is 32.8. The van der Waals surface area contributed by atoms with Crippen molar-refractivity contribution in [1.82, 2.24) is 14.8 Å². The Kier molecular flexibility index (Phi) is 10.2. The highest BCUT2D eigenvalue weighted by atomic mass is 16.5. The second kappa shape index (κ2) is 14.8. The van der Waals surface area contributed by atoms with Gasteiger partial charge in [-0.05, 0) is 49.3 Å². The van der Waals surface area contributed by atoms with E-state index >= 15 is 0 Å². The van der Waals surface area contributed by atoms with Gasteiger partial charge in [-0.1, -0.05) is 36.9 Å². The molecule has 2 aromatic carbocycles. The van der Waals surface area contributed by atoms with Crippen molar-refractivity contribution in [2.45, 2.75) is 45.2 Å². The summed E-state index contributed by atoms with van der Waals surface area (Å²) >= 11 is 0. The summed E-state index contributed by atoms with van der Waals surface area (Å²) in [6.07, 6.45) is 4.06. The number of rotatable bonds is 9. The van der Waals surface area contributed by atoms with E-state index in [4.69, 9.17) is 14.5 Å². The molecule has 3 aromatic rings. The maximum Gasteiger partial charge on any atom is 0.246 e. The van der Waals surface area contributed by atoms with Crippen molar-refractivity contribution in [3.05, 3.63) is 71.4 Å². The van der Waals surface area contributed by atoms with E-state index in [2.05, 4.69) is 76.7 Å². The number of aromatic nitrogens is 1. The van der Waals surface area contributed by atoms with Crippen LogP contribution in [0.5, 0.6) is 5.88 Å². The van der Waals surface area contributed by atoms with Crippen LogP contribution in [0.15, 0.2) is 49.1 Å². The molecule has 47 heavy (non-hydrogen) atoms. The van der Waals surface area contributed by atoms with Gasteiger partial charge in [0.05, 0.1) is 49.7 Å². The van der Waals surface area contributed by atoms with Crippen LogP contribution in [0.3, 0.4) is 0 Å². The summed E-state index contributed by atoms with van der Waals surface area (Å²) in [6.45, 7) is 13.4. The predicted octanol–water partition coefficient (Wildman–Crippen LogP) is 4.59. The van der Waals surface area contributed by atoms with Crippen molar-refractivity contribution in [3.8, 4) is 18.0 Å². The Balaban J connectivity index is 1.33. The Bertz CT molecular complexity index is 1700. The summed E-state index contributed by atoms with van der Waals surface area (Å²) in [7, 11) is 0. The molecule has 0 N–H and O–H groups in total. The topological polar surface area (TPSA) is 109 Å². The summed E-state index contributed by atoms with van der Waals surface area (Å²) in [4.78, 5) is 26.4. The van der Waals surface area contributed by atoms with Gasteiger partial charge in [0.25, 0.3) is 0 Å². The number of ether oxygens (including phenoxy) is 2. The lowest BCUT2D eigenvalue weighted by atomic mass is 9.95. The SMILES string of the molecule is C=CC(=O)N1CCN(c2c(C#N)c(OCCCN3CCCOCC3)nc3c2CCN(c2cccc4cccc(C)c24)C3)CC1CC#N. The van der Waals surface area contributed by atoms with Crippen LogP contribution >= 0.6 is 0 Å². The number of hydrogen-bond acceptors (Lipinski definition) is 9. The number of piperazine rings is 1. The lowest BCUT2D eigenvalue weighted by Crippen LogP contribution is -2.55. The molecule has 0 bridgehead atoms. The van der Waals surface area contributed by atoms with Crippen molar-refractivity contribution in [3.63, 3.8) is 0 Å². The molecule has 10 heteroatoms. The Morgan fingerprint density at radius 1 is 1.11 bits per heavy atom. The van der Waals surface area contributed by atoms with E-state index in [1.54, 1.807) is 4.90 Å². The van der Waals surface area contributed by atoms with Crippen LogP contribution in [0.1, 0.15) is 41.6 Å². The lowest BCUT2D eigenvalue weighted by molar-refractivity contribution is -0.128. The van der Waals surface area contributed by atoms with Crippen LogP contribution in [0.25, 0.3) is 10.8 Å². The maximum absolute atomic E-state index is 12.7. The summed E-state index contributed by atoms with van der Waals surface area (Å²) in [5.74, 6) is 0.181. The summed E-state index contributed by atoms with van der Waals surface area (Å²) in [5, 5.41) is 22.7. The minimum Gasteiger partial charge on any atom is -0.477 e. The van der Waals surface area contributed by atoms with Crippen molar-refractivity contribution >= 4 is 28.1 Å². The van der Waals surface area contributed by atoms with Crippen molar-refractivity contribution in [2.75, 3.05) is 75.4 Å². The average molecular weight is 634 g/mol. The number of carbonyl (C=O) groups excluding carboxylic acids is 1. The summed E-state index contributed by atoms with van der Waals surface area (Å²) in [5.41, 5.74) is 5.62. The molecule has 6 rings (SSSR count). The van der Waals surface area contributed by atoms with Gasteiger partial charge >= 0.3 is 0 Å². The van der Waals surface area contributed by atoms with Crippen LogP contribution in [0, 0.1) is 29.6 Å². The van der Waals surface area contributed by atoms with E-state index in [1.165, 1.54) is 28.1 Å². The molecule has 0 radical (unpaired) electrons. The average Bonchev–Trinajstić information content (AvgIpc) is 3.38. The first-order chi connectivity index (χ1) is 23.0. The second-order valence-corrected chi connectivity index (χ2v) is 12.5. The molecule has 1 amide bonds. The van der Waals surface area contributed by atoms with E-state index in [0.29, 0.717) is 50.7 Å². The molecule has 0 saturated carbocycles. The predicted molar refractivity (Wildman–Crippen MR) is 183 cm³/mol. The van der Waals surface area contributed by atoms with Gasteiger partial charge in [-0.15, -0.1) is 0 Å². The molecular weight excluding hydrogens is 590 g/mol. The first-order valence-electron chi connectivity index (χ1n) is 16.7. The minimum absolute atomic E-state index is 0.178. The molecule has 0 spiro atoms. The highest BCUT2D eigenvalue weighted by Gasteiger charge is 2.35. The first-order valence-corrected chi connectivity index (χ1v) is 16.7. The number of anilines is 2. The Morgan fingerprint density at radius 3 is 2.77 bits per heavy atom. The number of nitriles is 2. The van der Waals surface area contributed by atoms with E-state index in [-0.39, 0.29) is 18.4 Å². The largest absolute Gasteiger partial charge is 0.477 e. The van der Waals surface area contributed by atoms with Crippen molar-refractivity contribution in [2.24, 2.45) is 0 Å². The number of aryl methyl sites for hydroxylation is 1. The Labute approximate surface area is 277 Å². The fraction of sp³-hybridized carbons (Fsp3) is 0.459. The van der Waals surface area contributed by atoms with Crippen molar-refractivity contribution in [1.29, 1.82) is 10.5 Å².